The molecule has 116 valence electrons. The Balaban J connectivity index is 2.37. The SMILES string of the molecule is CCOC(=O)CCC(N)Cc1ccc(OCC(N)=O)cc1. The first-order valence-electron chi connectivity index (χ1n) is 6.92. The van der Waals surface area contributed by atoms with Crippen LogP contribution >= 0.6 is 0 Å². The van der Waals surface area contributed by atoms with Gasteiger partial charge in [-0.05, 0) is 37.5 Å². The van der Waals surface area contributed by atoms with E-state index in [0.29, 0.717) is 31.6 Å². The third-order valence-electron chi connectivity index (χ3n) is 2.83. The maximum absolute atomic E-state index is 11.2. The lowest BCUT2D eigenvalue weighted by Crippen LogP contribution is -2.24. The van der Waals surface area contributed by atoms with Gasteiger partial charge in [-0.25, -0.2) is 0 Å². The van der Waals surface area contributed by atoms with Gasteiger partial charge >= 0.3 is 5.97 Å². The Hall–Kier alpha value is -2.08. The molecule has 0 saturated heterocycles. The Bertz CT molecular complexity index is 459. The third-order valence-corrected chi connectivity index (χ3v) is 2.83. The summed E-state index contributed by atoms with van der Waals surface area (Å²) in [6, 6.07) is 7.17. The van der Waals surface area contributed by atoms with Gasteiger partial charge in [0.2, 0.25) is 0 Å². The number of primary amides is 1. The van der Waals surface area contributed by atoms with E-state index in [1.54, 1.807) is 19.1 Å². The fourth-order valence-corrected chi connectivity index (χ4v) is 1.82. The van der Waals surface area contributed by atoms with Crippen LogP contribution < -0.4 is 16.2 Å². The fraction of sp³-hybridized carbons (Fsp3) is 0.467. The van der Waals surface area contributed by atoms with Gasteiger partial charge in [-0.2, -0.15) is 0 Å². The molecule has 0 aliphatic heterocycles. The van der Waals surface area contributed by atoms with Crippen LogP contribution in [0.5, 0.6) is 5.75 Å². The molecule has 0 heterocycles. The average Bonchev–Trinajstić information content (AvgIpc) is 2.45. The van der Waals surface area contributed by atoms with Gasteiger partial charge in [0.1, 0.15) is 5.75 Å². The zero-order valence-corrected chi connectivity index (χ0v) is 12.2. The second-order valence-corrected chi connectivity index (χ2v) is 4.71. The van der Waals surface area contributed by atoms with Gasteiger partial charge < -0.3 is 20.9 Å². The van der Waals surface area contributed by atoms with Crippen LogP contribution in [0.2, 0.25) is 0 Å². The first-order chi connectivity index (χ1) is 10.0. The van der Waals surface area contributed by atoms with E-state index in [-0.39, 0.29) is 18.6 Å². The van der Waals surface area contributed by atoms with Crippen molar-refractivity contribution in [3.05, 3.63) is 29.8 Å². The van der Waals surface area contributed by atoms with Crippen molar-refractivity contribution in [3.63, 3.8) is 0 Å². The molecule has 1 aromatic carbocycles. The van der Waals surface area contributed by atoms with Gasteiger partial charge in [-0.3, -0.25) is 9.59 Å². The third kappa shape index (κ3) is 7.31. The van der Waals surface area contributed by atoms with Crippen LogP contribution in [0.25, 0.3) is 0 Å². The maximum atomic E-state index is 11.2. The lowest BCUT2D eigenvalue weighted by Gasteiger charge is -2.11. The number of rotatable bonds is 9. The second kappa shape index (κ2) is 8.97. The summed E-state index contributed by atoms with van der Waals surface area (Å²) in [5.41, 5.74) is 12.0. The molecule has 0 fully saturated rings. The molecule has 1 atom stereocenters. The second-order valence-electron chi connectivity index (χ2n) is 4.71. The summed E-state index contributed by atoms with van der Waals surface area (Å²) in [4.78, 5) is 21.8. The summed E-state index contributed by atoms with van der Waals surface area (Å²) in [6.45, 7) is 2.03. The van der Waals surface area contributed by atoms with Crippen LogP contribution in [-0.4, -0.2) is 31.1 Å². The van der Waals surface area contributed by atoms with Crippen molar-refractivity contribution in [1.29, 1.82) is 0 Å². The number of benzene rings is 1. The van der Waals surface area contributed by atoms with Crippen molar-refractivity contribution < 1.29 is 19.1 Å². The molecule has 1 aromatic rings. The highest BCUT2D eigenvalue weighted by Gasteiger charge is 2.09. The van der Waals surface area contributed by atoms with Crippen molar-refractivity contribution in [2.75, 3.05) is 13.2 Å². The number of carbonyl (C=O) groups excluding carboxylic acids is 2. The molecule has 1 unspecified atom stereocenters. The van der Waals surface area contributed by atoms with Crippen molar-refractivity contribution in [1.82, 2.24) is 0 Å². The van der Waals surface area contributed by atoms with Crippen LogP contribution in [0, 0.1) is 0 Å². The summed E-state index contributed by atoms with van der Waals surface area (Å²) in [7, 11) is 0. The minimum atomic E-state index is -0.514. The van der Waals surface area contributed by atoms with Gasteiger partial charge in [0, 0.05) is 12.5 Å². The molecule has 0 aromatic heterocycles. The maximum Gasteiger partial charge on any atom is 0.305 e. The molecule has 0 aliphatic carbocycles. The molecule has 0 radical (unpaired) electrons. The summed E-state index contributed by atoms with van der Waals surface area (Å²) in [5.74, 6) is -0.152. The van der Waals surface area contributed by atoms with E-state index in [9.17, 15) is 9.59 Å². The number of esters is 1. The summed E-state index contributed by atoms with van der Waals surface area (Å²) >= 11 is 0. The number of ether oxygens (including phenoxy) is 2. The van der Waals surface area contributed by atoms with E-state index >= 15 is 0 Å². The van der Waals surface area contributed by atoms with Crippen LogP contribution in [0.4, 0.5) is 0 Å². The Morgan fingerprint density at radius 1 is 1.24 bits per heavy atom. The van der Waals surface area contributed by atoms with Crippen LogP contribution in [-0.2, 0) is 20.7 Å². The Morgan fingerprint density at radius 3 is 2.48 bits per heavy atom. The quantitative estimate of drug-likeness (QED) is 0.654. The summed E-state index contributed by atoms with van der Waals surface area (Å²) < 4.78 is 10.0. The lowest BCUT2D eigenvalue weighted by atomic mass is 10.0. The standard InChI is InChI=1S/C15H22N2O4/c1-2-20-15(19)8-5-12(16)9-11-3-6-13(7-4-11)21-10-14(17)18/h3-4,6-7,12H,2,5,8-10,16H2,1H3,(H2,17,18). The van der Waals surface area contributed by atoms with Crippen molar-refractivity contribution in [2.45, 2.75) is 32.2 Å². The van der Waals surface area contributed by atoms with Gasteiger partial charge in [-0.15, -0.1) is 0 Å². The molecule has 1 amide bonds. The number of hydrogen-bond donors (Lipinski definition) is 2. The molecular weight excluding hydrogens is 272 g/mol. The van der Waals surface area contributed by atoms with Crippen molar-refractivity contribution >= 4 is 11.9 Å². The number of nitrogens with two attached hydrogens (primary N) is 2. The van der Waals surface area contributed by atoms with Crippen LogP contribution in [0.15, 0.2) is 24.3 Å². The zero-order chi connectivity index (χ0) is 15.7. The molecule has 0 bridgehead atoms. The largest absolute Gasteiger partial charge is 0.484 e. The van der Waals surface area contributed by atoms with Crippen LogP contribution in [0.3, 0.4) is 0 Å². The average molecular weight is 294 g/mol. The monoisotopic (exact) mass is 294 g/mol. The van der Waals surface area contributed by atoms with Crippen LogP contribution in [0.1, 0.15) is 25.3 Å². The van der Waals surface area contributed by atoms with E-state index in [0.717, 1.165) is 5.56 Å². The number of hydrogen-bond acceptors (Lipinski definition) is 5. The molecular formula is C15H22N2O4. The predicted octanol–water partition coefficient (Wildman–Crippen LogP) is 0.764. The molecule has 0 saturated carbocycles. The summed E-state index contributed by atoms with van der Waals surface area (Å²) in [6.07, 6.45) is 1.57. The smallest absolute Gasteiger partial charge is 0.305 e. The minimum Gasteiger partial charge on any atom is -0.484 e. The van der Waals surface area contributed by atoms with E-state index in [2.05, 4.69) is 0 Å². The van der Waals surface area contributed by atoms with E-state index in [1.165, 1.54) is 0 Å². The first-order valence-corrected chi connectivity index (χ1v) is 6.92. The van der Waals surface area contributed by atoms with Gasteiger partial charge in [0.05, 0.1) is 6.61 Å². The van der Waals surface area contributed by atoms with Crippen molar-refractivity contribution in [2.24, 2.45) is 11.5 Å². The van der Waals surface area contributed by atoms with Crippen molar-refractivity contribution in [3.8, 4) is 5.75 Å². The first kappa shape index (κ1) is 17.0. The van der Waals surface area contributed by atoms with Gasteiger partial charge in [0.15, 0.2) is 6.61 Å². The normalized spacial score (nSPS) is 11.7. The Kier molecular flexibility index (Phi) is 7.25. The Labute approximate surface area is 124 Å². The highest BCUT2D eigenvalue weighted by Crippen LogP contribution is 2.14. The van der Waals surface area contributed by atoms with Gasteiger partial charge in [-0.1, -0.05) is 12.1 Å². The topological polar surface area (TPSA) is 105 Å². The highest BCUT2D eigenvalue weighted by atomic mass is 16.5. The molecule has 1 rings (SSSR count). The van der Waals surface area contributed by atoms with Gasteiger partial charge in [0.25, 0.3) is 5.91 Å². The molecule has 21 heavy (non-hydrogen) atoms. The highest BCUT2D eigenvalue weighted by molar-refractivity contribution is 5.75. The van der Waals surface area contributed by atoms with E-state index in [4.69, 9.17) is 20.9 Å². The summed E-state index contributed by atoms with van der Waals surface area (Å²) in [5, 5.41) is 0. The molecule has 0 aliphatic rings. The van der Waals surface area contributed by atoms with E-state index < -0.39 is 5.91 Å². The molecule has 0 spiro atoms. The molecule has 6 heteroatoms. The Morgan fingerprint density at radius 2 is 1.90 bits per heavy atom. The lowest BCUT2D eigenvalue weighted by molar-refractivity contribution is -0.143. The van der Waals surface area contributed by atoms with E-state index in [1.807, 2.05) is 12.1 Å². The fourth-order valence-electron chi connectivity index (χ4n) is 1.82. The number of amides is 1. The molecule has 6 nitrogen and oxygen atoms in total. The predicted molar refractivity (Wildman–Crippen MR) is 78.7 cm³/mol. The number of carbonyl (C=O) groups is 2. The minimum absolute atomic E-state index is 0.105. The molecule has 4 N–H and O–H groups in total. The zero-order valence-electron chi connectivity index (χ0n) is 12.2.